The Hall–Kier alpha value is -1.54. The van der Waals surface area contributed by atoms with Crippen molar-refractivity contribution in [3.63, 3.8) is 0 Å². The highest BCUT2D eigenvalue weighted by Gasteiger charge is 2.12. The smallest absolute Gasteiger partial charge is 0.0420 e. The summed E-state index contributed by atoms with van der Waals surface area (Å²) in [5.74, 6) is 0. The van der Waals surface area contributed by atoms with E-state index in [9.17, 15) is 0 Å². The van der Waals surface area contributed by atoms with E-state index in [1.54, 1.807) is 0 Å². The number of para-hydroxylation sites is 1. The third-order valence-electron chi connectivity index (χ3n) is 2.82. The summed E-state index contributed by atoms with van der Waals surface area (Å²) in [7, 11) is 0. The fourth-order valence-corrected chi connectivity index (χ4v) is 1.89. The van der Waals surface area contributed by atoms with Crippen molar-refractivity contribution in [3.05, 3.63) is 55.1 Å². The van der Waals surface area contributed by atoms with Crippen molar-refractivity contribution in [2.75, 3.05) is 18.0 Å². The highest BCUT2D eigenvalue weighted by atomic mass is 15.1. The van der Waals surface area contributed by atoms with Crippen LogP contribution in [0, 0.1) is 0 Å². The van der Waals surface area contributed by atoms with Crippen molar-refractivity contribution < 1.29 is 0 Å². The molecule has 17 heavy (non-hydrogen) atoms. The molecule has 1 aromatic carbocycles. The molecule has 1 atom stereocenters. The van der Waals surface area contributed by atoms with Gasteiger partial charge in [-0.3, -0.25) is 0 Å². The second kappa shape index (κ2) is 6.92. The fraction of sp³-hybridized carbons (Fsp3) is 0.333. The van der Waals surface area contributed by atoms with E-state index < -0.39 is 0 Å². The van der Waals surface area contributed by atoms with Crippen LogP contribution in [0.3, 0.4) is 0 Å². The van der Waals surface area contributed by atoms with Gasteiger partial charge in [0.1, 0.15) is 0 Å². The molecular formula is C15H22N2. The molecule has 0 aliphatic rings. The summed E-state index contributed by atoms with van der Waals surface area (Å²) in [5, 5.41) is 0. The van der Waals surface area contributed by atoms with E-state index in [1.807, 2.05) is 24.3 Å². The summed E-state index contributed by atoms with van der Waals surface area (Å²) in [4.78, 5) is 2.23. The summed E-state index contributed by atoms with van der Waals surface area (Å²) in [6.45, 7) is 11.3. The average molecular weight is 230 g/mol. The zero-order valence-corrected chi connectivity index (χ0v) is 10.6. The first-order valence-corrected chi connectivity index (χ1v) is 6.05. The first-order valence-electron chi connectivity index (χ1n) is 6.05. The van der Waals surface area contributed by atoms with Gasteiger partial charge in [0.25, 0.3) is 0 Å². The van der Waals surface area contributed by atoms with Crippen molar-refractivity contribution in [1.82, 2.24) is 0 Å². The number of nitrogens with zero attached hydrogens (tertiary/aromatic N) is 1. The minimum atomic E-state index is 0.0864. The molecule has 0 aliphatic heterocycles. The second-order valence-electron chi connectivity index (χ2n) is 4.06. The Balaban J connectivity index is 3.07. The Morgan fingerprint density at radius 3 is 2.35 bits per heavy atom. The number of nitrogens with two attached hydrogens (primary N) is 1. The lowest BCUT2D eigenvalue weighted by Gasteiger charge is -2.26. The molecule has 2 heteroatoms. The van der Waals surface area contributed by atoms with Gasteiger partial charge in [0.05, 0.1) is 0 Å². The van der Waals surface area contributed by atoms with Gasteiger partial charge in [-0.05, 0) is 18.1 Å². The third-order valence-corrected chi connectivity index (χ3v) is 2.82. The molecule has 0 saturated carbocycles. The molecule has 1 rings (SSSR count). The molecule has 2 N–H and O–H groups in total. The normalized spacial score (nSPS) is 11.9. The molecule has 1 aromatic rings. The highest BCUT2D eigenvalue weighted by molar-refractivity contribution is 5.55. The highest BCUT2D eigenvalue weighted by Crippen LogP contribution is 2.26. The minimum absolute atomic E-state index is 0.0864. The van der Waals surface area contributed by atoms with Crippen LogP contribution in [0.2, 0.25) is 0 Å². The summed E-state index contributed by atoms with van der Waals surface area (Å²) in [6.07, 6.45) is 4.74. The quantitative estimate of drug-likeness (QED) is 0.728. The van der Waals surface area contributed by atoms with Gasteiger partial charge in [0, 0.05) is 24.8 Å². The number of hydrogen-bond donors (Lipinski definition) is 1. The van der Waals surface area contributed by atoms with Gasteiger partial charge < -0.3 is 10.6 Å². The van der Waals surface area contributed by atoms with Crippen molar-refractivity contribution in [2.45, 2.75) is 19.4 Å². The predicted octanol–water partition coefficient (Wildman–Crippen LogP) is 3.27. The maximum Gasteiger partial charge on any atom is 0.0420 e. The number of benzene rings is 1. The van der Waals surface area contributed by atoms with Gasteiger partial charge in [-0.1, -0.05) is 37.3 Å². The molecule has 0 spiro atoms. The van der Waals surface area contributed by atoms with Gasteiger partial charge in [0.2, 0.25) is 0 Å². The summed E-state index contributed by atoms with van der Waals surface area (Å²) >= 11 is 0. The van der Waals surface area contributed by atoms with E-state index >= 15 is 0 Å². The first kappa shape index (κ1) is 13.5. The van der Waals surface area contributed by atoms with Crippen molar-refractivity contribution in [2.24, 2.45) is 5.73 Å². The monoisotopic (exact) mass is 230 g/mol. The van der Waals surface area contributed by atoms with Gasteiger partial charge in [-0.25, -0.2) is 0 Å². The summed E-state index contributed by atoms with van der Waals surface area (Å²) in [5.41, 5.74) is 8.52. The van der Waals surface area contributed by atoms with Crippen molar-refractivity contribution in [3.8, 4) is 0 Å². The molecule has 0 fully saturated rings. The Kier molecular flexibility index (Phi) is 5.50. The molecule has 0 amide bonds. The topological polar surface area (TPSA) is 29.3 Å². The van der Waals surface area contributed by atoms with E-state index in [0.717, 1.165) is 19.5 Å². The Bertz CT molecular complexity index is 361. The molecule has 0 radical (unpaired) electrons. The van der Waals surface area contributed by atoms with Crippen LogP contribution in [0.25, 0.3) is 0 Å². The Morgan fingerprint density at radius 1 is 1.24 bits per heavy atom. The van der Waals surface area contributed by atoms with Gasteiger partial charge in [-0.15, -0.1) is 13.2 Å². The van der Waals surface area contributed by atoms with E-state index in [0.29, 0.717) is 0 Å². The molecule has 0 heterocycles. The lowest BCUT2D eigenvalue weighted by atomic mass is 10.0. The van der Waals surface area contributed by atoms with Crippen LogP contribution in [0.1, 0.15) is 24.9 Å². The standard InChI is InChI=1S/C15H22N2/c1-4-11-17(12-5-2)15-10-8-7-9-13(15)14(16)6-3/h4-5,7-10,14H,1-2,6,11-12,16H2,3H3. The van der Waals surface area contributed by atoms with Gasteiger partial charge in [0.15, 0.2) is 0 Å². The lowest BCUT2D eigenvalue weighted by Crippen LogP contribution is -2.25. The third kappa shape index (κ3) is 3.46. The molecule has 92 valence electrons. The summed E-state index contributed by atoms with van der Waals surface area (Å²) < 4.78 is 0. The zero-order valence-electron chi connectivity index (χ0n) is 10.6. The van der Waals surface area contributed by atoms with Crippen molar-refractivity contribution >= 4 is 5.69 Å². The molecule has 2 nitrogen and oxygen atoms in total. The molecule has 0 saturated heterocycles. The first-order chi connectivity index (χ1) is 8.24. The summed E-state index contributed by atoms with van der Waals surface area (Å²) in [6, 6.07) is 8.37. The van der Waals surface area contributed by atoms with Crippen LogP contribution in [0.5, 0.6) is 0 Å². The van der Waals surface area contributed by atoms with Crippen LogP contribution in [0.4, 0.5) is 5.69 Å². The van der Waals surface area contributed by atoms with Gasteiger partial charge in [-0.2, -0.15) is 0 Å². The van der Waals surface area contributed by atoms with Crippen LogP contribution in [-0.2, 0) is 0 Å². The average Bonchev–Trinajstić information content (AvgIpc) is 2.37. The largest absolute Gasteiger partial charge is 0.364 e. The van der Waals surface area contributed by atoms with Crippen LogP contribution in [-0.4, -0.2) is 13.1 Å². The van der Waals surface area contributed by atoms with Crippen LogP contribution >= 0.6 is 0 Å². The van der Waals surface area contributed by atoms with E-state index in [4.69, 9.17) is 5.73 Å². The molecule has 0 aliphatic carbocycles. The van der Waals surface area contributed by atoms with Crippen LogP contribution in [0.15, 0.2) is 49.6 Å². The maximum atomic E-state index is 6.15. The zero-order chi connectivity index (χ0) is 12.7. The molecule has 0 aromatic heterocycles. The molecule has 0 bridgehead atoms. The maximum absolute atomic E-state index is 6.15. The van der Waals surface area contributed by atoms with Gasteiger partial charge >= 0.3 is 0 Å². The fourth-order valence-electron chi connectivity index (χ4n) is 1.89. The number of anilines is 1. The van der Waals surface area contributed by atoms with E-state index in [1.165, 1.54) is 11.3 Å². The second-order valence-corrected chi connectivity index (χ2v) is 4.06. The Labute approximate surface area is 104 Å². The van der Waals surface area contributed by atoms with E-state index in [-0.39, 0.29) is 6.04 Å². The number of hydrogen-bond acceptors (Lipinski definition) is 2. The molecule has 1 unspecified atom stereocenters. The van der Waals surface area contributed by atoms with E-state index in [2.05, 4.69) is 37.1 Å². The predicted molar refractivity (Wildman–Crippen MR) is 76.3 cm³/mol. The lowest BCUT2D eigenvalue weighted by molar-refractivity contribution is 0.695. The Morgan fingerprint density at radius 2 is 1.82 bits per heavy atom. The molecular weight excluding hydrogens is 208 g/mol. The van der Waals surface area contributed by atoms with Crippen LogP contribution < -0.4 is 10.6 Å². The minimum Gasteiger partial charge on any atom is -0.364 e. The SMILES string of the molecule is C=CCN(CC=C)c1ccccc1C(N)CC. The van der Waals surface area contributed by atoms with Crippen molar-refractivity contribution in [1.29, 1.82) is 0 Å². The number of rotatable bonds is 7.